The number of amides is 1. The average Bonchev–Trinajstić information content (AvgIpc) is 2.25. The highest BCUT2D eigenvalue weighted by molar-refractivity contribution is 7.80. The number of nitrogens with one attached hydrogen (secondary N) is 2. The fourth-order valence-corrected chi connectivity index (χ4v) is 1.07. The van der Waals surface area contributed by atoms with Gasteiger partial charge in [-0.25, -0.2) is 0 Å². The average molecular weight is 235 g/mol. The number of carbonyl (C=O) groups excluding carboxylic acids is 1. The first kappa shape index (κ1) is 12.2. The van der Waals surface area contributed by atoms with Crippen LogP contribution in [0.4, 0.5) is 0 Å². The molecule has 5 heteroatoms. The fraction of sp³-hybridized carbons (Fsp3) is 0.0909. The van der Waals surface area contributed by atoms with Gasteiger partial charge in [0.05, 0.1) is 0 Å². The van der Waals surface area contributed by atoms with E-state index in [9.17, 15) is 4.79 Å². The largest absolute Gasteiger partial charge is 0.375 e. The molecule has 16 heavy (non-hydrogen) atoms. The van der Waals surface area contributed by atoms with Crippen LogP contribution < -0.4 is 16.6 Å². The number of rotatable bonds is 2. The van der Waals surface area contributed by atoms with Crippen LogP contribution in [0.2, 0.25) is 0 Å². The third-order valence-corrected chi connectivity index (χ3v) is 1.92. The Hall–Kier alpha value is -1.88. The van der Waals surface area contributed by atoms with Crippen LogP contribution in [0.15, 0.2) is 30.3 Å². The van der Waals surface area contributed by atoms with E-state index in [1.165, 1.54) is 11.6 Å². The van der Waals surface area contributed by atoms with E-state index in [2.05, 4.69) is 23.1 Å². The summed E-state index contributed by atoms with van der Waals surface area (Å²) in [5.41, 5.74) is 11.9. The topological polar surface area (TPSA) is 67.2 Å². The lowest BCUT2D eigenvalue weighted by molar-refractivity contribution is -0.116. The highest BCUT2D eigenvalue weighted by Crippen LogP contribution is 2.04. The predicted molar refractivity (Wildman–Crippen MR) is 68.3 cm³/mol. The van der Waals surface area contributed by atoms with Crippen molar-refractivity contribution in [3.05, 3.63) is 41.5 Å². The molecule has 0 saturated carbocycles. The molecule has 0 spiro atoms. The van der Waals surface area contributed by atoms with Gasteiger partial charge in [-0.3, -0.25) is 15.6 Å². The second kappa shape index (κ2) is 5.87. The zero-order chi connectivity index (χ0) is 12.0. The minimum atomic E-state index is -0.312. The number of hydrogen-bond donors (Lipinski definition) is 3. The molecule has 4 N–H and O–H groups in total. The van der Waals surface area contributed by atoms with Gasteiger partial charge in [0.25, 0.3) is 5.91 Å². The maximum absolute atomic E-state index is 11.2. The van der Waals surface area contributed by atoms with Crippen molar-refractivity contribution in [2.45, 2.75) is 6.92 Å². The molecule has 0 aliphatic carbocycles. The van der Waals surface area contributed by atoms with Crippen LogP contribution in [-0.2, 0) is 4.79 Å². The first-order valence-corrected chi connectivity index (χ1v) is 5.09. The molecule has 0 aliphatic heterocycles. The molecule has 1 rings (SSSR count). The SMILES string of the molecule is Cc1ccc(/C=C/C(=O)NNC(N)=S)cc1. The molecule has 0 radical (unpaired) electrons. The molecule has 0 saturated heterocycles. The summed E-state index contributed by atoms with van der Waals surface area (Å²) < 4.78 is 0. The summed E-state index contributed by atoms with van der Waals surface area (Å²) in [6.45, 7) is 2.01. The Labute approximate surface area is 99.5 Å². The number of hydrogen-bond acceptors (Lipinski definition) is 2. The molecule has 0 unspecified atom stereocenters. The van der Waals surface area contributed by atoms with Crippen LogP contribution in [0.5, 0.6) is 0 Å². The molecule has 4 nitrogen and oxygen atoms in total. The normalized spacial score (nSPS) is 10.1. The fourth-order valence-electron chi connectivity index (χ4n) is 1.01. The molecule has 1 amide bonds. The quantitative estimate of drug-likeness (QED) is 0.404. The Morgan fingerprint density at radius 3 is 2.50 bits per heavy atom. The summed E-state index contributed by atoms with van der Waals surface area (Å²) in [5, 5.41) is 0.0251. The van der Waals surface area contributed by atoms with Crippen molar-refractivity contribution in [2.75, 3.05) is 0 Å². The number of carbonyl (C=O) groups is 1. The second-order valence-electron chi connectivity index (χ2n) is 3.22. The predicted octanol–water partition coefficient (Wildman–Crippen LogP) is 0.873. The van der Waals surface area contributed by atoms with E-state index in [4.69, 9.17) is 5.73 Å². The monoisotopic (exact) mass is 235 g/mol. The lowest BCUT2D eigenvalue weighted by atomic mass is 10.1. The Balaban J connectivity index is 2.50. The number of hydrazine groups is 1. The Morgan fingerprint density at radius 2 is 1.94 bits per heavy atom. The van der Waals surface area contributed by atoms with E-state index in [-0.39, 0.29) is 11.0 Å². The summed E-state index contributed by atoms with van der Waals surface area (Å²) in [7, 11) is 0. The number of nitrogens with two attached hydrogens (primary N) is 1. The number of thiocarbonyl (C=S) groups is 1. The maximum Gasteiger partial charge on any atom is 0.262 e. The van der Waals surface area contributed by atoms with E-state index in [0.29, 0.717) is 0 Å². The number of benzene rings is 1. The van der Waals surface area contributed by atoms with Gasteiger partial charge < -0.3 is 5.73 Å². The maximum atomic E-state index is 11.2. The van der Waals surface area contributed by atoms with Gasteiger partial charge in [-0.15, -0.1) is 0 Å². The van der Waals surface area contributed by atoms with E-state index in [0.717, 1.165) is 5.56 Å². The van der Waals surface area contributed by atoms with E-state index in [1.54, 1.807) is 6.08 Å². The first-order valence-electron chi connectivity index (χ1n) is 4.68. The standard InChI is InChI=1S/C11H13N3OS/c1-8-2-4-9(5-3-8)6-7-10(15)13-14-11(12)16/h2-7H,1H3,(H,13,15)(H3,12,14,16)/b7-6+. The second-order valence-corrected chi connectivity index (χ2v) is 3.66. The van der Waals surface area contributed by atoms with Crippen LogP contribution in [0, 0.1) is 6.92 Å². The van der Waals surface area contributed by atoms with Crippen LogP contribution in [-0.4, -0.2) is 11.0 Å². The van der Waals surface area contributed by atoms with Gasteiger partial charge in [0.1, 0.15) is 0 Å². The summed E-state index contributed by atoms with van der Waals surface area (Å²) in [4.78, 5) is 11.2. The molecule has 84 valence electrons. The van der Waals surface area contributed by atoms with Crippen LogP contribution in [0.3, 0.4) is 0 Å². The summed E-state index contributed by atoms with van der Waals surface area (Å²) >= 11 is 4.53. The Morgan fingerprint density at radius 1 is 1.31 bits per heavy atom. The first-order chi connectivity index (χ1) is 7.58. The van der Waals surface area contributed by atoms with Crippen LogP contribution >= 0.6 is 12.2 Å². The van der Waals surface area contributed by atoms with Crippen molar-refractivity contribution < 1.29 is 4.79 Å². The third kappa shape index (κ3) is 4.56. The van der Waals surface area contributed by atoms with Crippen molar-refractivity contribution in [1.82, 2.24) is 10.9 Å². The zero-order valence-electron chi connectivity index (χ0n) is 8.86. The smallest absolute Gasteiger partial charge is 0.262 e. The molecule has 0 heterocycles. The van der Waals surface area contributed by atoms with Gasteiger partial charge in [0.2, 0.25) is 0 Å². The van der Waals surface area contributed by atoms with Crippen molar-refractivity contribution >= 4 is 29.3 Å². The lowest BCUT2D eigenvalue weighted by Gasteiger charge is -2.02. The minimum absolute atomic E-state index is 0.0251. The van der Waals surface area contributed by atoms with E-state index >= 15 is 0 Å². The third-order valence-electron chi connectivity index (χ3n) is 1.81. The minimum Gasteiger partial charge on any atom is -0.375 e. The molecular formula is C11H13N3OS. The molecule has 0 fully saturated rings. The van der Waals surface area contributed by atoms with Gasteiger partial charge in [-0.1, -0.05) is 29.8 Å². The molecule has 0 aromatic heterocycles. The number of aryl methyl sites for hydroxylation is 1. The Kier molecular flexibility index (Phi) is 4.47. The molecule has 0 bridgehead atoms. The molecular weight excluding hydrogens is 222 g/mol. The summed E-state index contributed by atoms with van der Waals surface area (Å²) in [5.74, 6) is -0.312. The van der Waals surface area contributed by atoms with Crippen LogP contribution in [0.1, 0.15) is 11.1 Å². The summed E-state index contributed by atoms with van der Waals surface area (Å²) in [6.07, 6.45) is 3.10. The van der Waals surface area contributed by atoms with Crippen molar-refractivity contribution in [3.63, 3.8) is 0 Å². The van der Waals surface area contributed by atoms with Gasteiger partial charge in [0.15, 0.2) is 5.11 Å². The highest BCUT2D eigenvalue weighted by atomic mass is 32.1. The van der Waals surface area contributed by atoms with Crippen molar-refractivity contribution in [2.24, 2.45) is 5.73 Å². The highest BCUT2D eigenvalue weighted by Gasteiger charge is 1.94. The van der Waals surface area contributed by atoms with E-state index < -0.39 is 0 Å². The molecule has 1 aromatic carbocycles. The van der Waals surface area contributed by atoms with Gasteiger partial charge in [-0.05, 0) is 30.8 Å². The summed E-state index contributed by atoms with van der Waals surface area (Å²) in [6, 6.07) is 7.82. The molecule has 1 aromatic rings. The van der Waals surface area contributed by atoms with Crippen LogP contribution in [0.25, 0.3) is 6.08 Å². The Bertz CT molecular complexity index is 412. The molecule has 0 aliphatic rings. The van der Waals surface area contributed by atoms with E-state index in [1.807, 2.05) is 31.2 Å². The van der Waals surface area contributed by atoms with Gasteiger partial charge in [-0.2, -0.15) is 0 Å². The van der Waals surface area contributed by atoms with Crippen molar-refractivity contribution in [3.8, 4) is 0 Å². The molecule has 0 atom stereocenters. The van der Waals surface area contributed by atoms with Gasteiger partial charge in [0, 0.05) is 6.08 Å². The van der Waals surface area contributed by atoms with Gasteiger partial charge >= 0.3 is 0 Å². The van der Waals surface area contributed by atoms with Crippen molar-refractivity contribution in [1.29, 1.82) is 0 Å². The zero-order valence-corrected chi connectivity index (χ0v) is 9.67. The lowest BCUT2D eigenvalue weighted by Crippen LogP contribution is -2.43.